The van der Waals surface area contributed by atoms with Crippen LogP contribution in [0.1, 0.15) is 32.6 Å². The number of nitrogens with one attached hydrogen (secondary N) is 2. The summed E-state index contributed by atoms with van der Waals surface area (Å²) in [5.41, 5.74) is 5.17. The number of aromatic nitrogens is 3. The van der Waals surface area contributed by atoms with Gasteiger partial charge >= 0.3 is 0 Å². The lowest BCUT2D eigenvalue weighted by molar-refractivity contribution is -0.154. The number of rotatable bonds is 12. The van der Waals surface area contributed by atoms with E-state index in [-0.39, 0.29) is 24.7 Å². The molecule has 0 bridgehead atoms. The van der Waals surface area contributed by atoms with Gasteiger partial charge in [0.1, 0.15) is 5.75 Å². The Bertz CT molecular complexity index is 792. The first kappa shape index (κ1) is 22.3. The van der Waals surface area contributed by atoms with Gasteiger partial charge in [0.2, 0.25) is 18.2 Å². The molecule has 0 aliphatic heterocycles. The van der Waals surface area contributed by atoms with Gasteiger partial charge in [-0.1, -0.05) is 37.8 Å². The standard InChI is InChI=1S/C18H23ClN6O4/c1-2-3-4-5-13(11-25(28)12-26)18(27)24-22-16-6-7-17(23-21-16)29-15-8-14(19)9-20-10-15/h6-10,12-13,28H,2-5,11H2,1H3,(H,21,22)(H,24,27)/t13-/m1/s1. The van der Waals surface area contributed by atoms with E-state index < -0.39 is 5.92 Å². The molecule has 2 rings (SSSR count). The third kappa shape index (κ3) is 7.88. The lowest BCUT2D eigenvalue weighted by atomic mass is 10.0. The summed E-state index contributed by atoms with van der Waals surface area (Å²) in [7, 11) is 0. The Morgan fingerprint density at radius 2 is 2.17 bits per heavy atom. The molecule has 11 heteroatoms. The molecule has 10 nitrogen and oxygen atoms in total. The van der Waals surface area contributed by atoms with Crippen molar-refractivity contribution in [2.45, 2.75) is 32.6 Å². The number of hydroxylamine groups is 2. The summed E-state index contributed by atoms with van der Waals surface area (Å²) in [4.78, 5) is 26.9. The summed E-state index contributed by atoms with van der Waals surface area (Å²) in [6, 6.07) is 4.71. The number of carbonyl (C=O) groups is 2. The molecule has 0 aliphatic rings. The largest absolute Gasteiger partial charge is 0.436 e. The lowest BCUT2D eigenvalue weighted by Gasteiger charge is -2.19. The third-order valence-corrected chi connectivity index (χ3v) is 4.12. The first-order valence-corrected chi connectivity index (χ1v) is 9.48. The molecular formula is C18H23ClN6O4. The SMILES string of the molecule is CCCCC[C@H](CN(O)C=O)C(=O)NNc1ccc(Oc2cncc(Cl)c2)nn1. The minimum atomic E-state index is -0.560. The normalized spacial score (nSPS) is 11.4. The van der Waals surface area contributed by atoms with Crippen LogP contribution >= 0.6 is 11.6 Å². The van der Waals surface area contributed by atoms with Gasteiger partial charge in [-0.2, -0.15) is 0 Å². The number of hydrogen-bond donors (Lipinski definition) is 3. The maximum atomic E-state index is 12.4. The number of hydrogen-bond acceptors (Lipinski definition) is 8. The molecule has 0 aromatic carbocycles. The topological polar surface area (TPSA) is 130 Å². The van der Waals surface area contributed by atoms with Crippen LogP contribution in [0.15, 0.2) is 30.6 Å². The summed E-state index contributed by atoms with van der Waals surface area (Å²) < 4.78 is 5.49. The number of ether oxygens (including phenoxy) is 1. The van der Waals surface area contributed by atoms with Gasteiger partial charge < -0.3 is 4.74 Å². The van der Waals surface area contributed by atoms with Gasteiger partial charge in [0.15, 0.2) is 5.82 Å². The number of unbranched alkanes of at least 4 members (excludes halogenated alkanes) is 2. The lowest BCUT2D eigenvalue weighted by Crippen LogP contribution is -2.40. The van der Waals surface area contributed by atoms with Crippen molar-refractivity contribution in [1.82, 2.24) is 25.7 Å². The molecule has 2 aromatic rings. The van der Waals surface area contributed by atoms with E-state index >= 15 is 0 Å². The van der Waals surface area contributed by atoms with E-state index in [2.05, 4.69) is 33.0 Å². The van der Waals surface area contributed by atoms with Crippen LogP contribution in [0.3, 0.4) is 0 Å². The van der Waals surface area contributed by atoms with Gasteiger partial charge in [0, 0.05) is 18.3 Å². The van der Waals surface area contributed by atoms with E-state index in [0.717, 1.165) is 19.3 Å². The molecule has 2 aromatic heterocycles. The fourth-order valence-electron chi connectivity index (χ4n) is 2.45. The molecule has 0 saturated heterocycles. The monoisotopic (exact) mass is 422 g/mol. The van der Waals surface area contributed by atoms with Crippen molar-refractivity contribution < 1.29 is 19.5 Å². The number of amides is 2. The fraction of sp³-hybridized carbons (Fsp3) is 0.389. The predicted octanol–water partition coefficient (Wildman–Crippen LogP) is 2.80. The van der Waals surface area contributed by atoms with E-state index in [9.17, 15) is 14.8 Å². The summed E-state index contributed by atoms with van der Waals surface area (Å²) in [6.45, 7) is 1.96. The zero-order chi connectivity index (χ0) is 21.1. The first-order valence-electron chi connectivity index (χ1n) is 9.10. The van der Waals surface area contributed by atoms with Crippen molar-refractivity contribution >= 4 is 29.7 Å². The van der Waals surface area contributed by atoms with Gasteiger partial charge in [0.25, 0.3) is 0 Å². The number of halogens is 1. The van der Waals surface area contributed by atoms with E-state index in [1.165, 1.54) is 12.4 Å². The highest BCUT2D eigenvalue weighted by Crippen LogP contribution is 2.21. The van der Waals surface area contributed by atoms with Gasteiger partial charge in [-0.05, 0) is 12.5 Å². The van der Waals surface area contributed by atoms with Crippen LogP contribution < -0.4 is 15.6 Å². The molecule has 0 aliphatic carbocycles. The van der Waals surface area contributed by atoms with Gasteiger partial charge in [0.05, 0.1) is 23.7 Å². The van der Waals surface area contributed by atoms with Crippen molar-refractivity contribution in [3.8, 4) is 11.6 Å². The molecule has 156 valence electrons. The number of pyridine rings is 1. The van der Waals surface area contributed by atoms with E-state index in [0.29, 0.717) is 28.1 Å². The fourth-order valence-corrected chi connectivity index (χ4v) is 2.62. The highest BCUT2D eigenvalue weighted by Gasteiger charge is 2.20. The number of anilines is 1. The second kappa shape index (κ2) is 11.8. The van der Waals surface area contributed by atoms with Crippen molar-refractivity contribution in [2.75, 3.05) is 12.0 Å². The summed E-state index contributed by atoms with van der Waals surface area (Å²) in [5.74, 6) is 0.00695. The Kier molecular flexibility index (Phi) is 9.06. The maximum absolute atomic E-state index is 12.4. The third-order valence-electron chi connectivity index (χ3n) is 3.91. The van der Waals surface area contributed by atoms with Gasteiger partial charge in [-0.3, -0.25) is 30.6 Å². The molecule has 0 saturated carbocycles. The van der Waals surface area contributed by atoms with Crippen LogP contribution in [0.5, 0.6) is 11.6 Å². The molecule has 2 heterocycles. The van der Waals surface area contributed by atoms with Gasteiger partial charge in [-0.25, -0.2) is 5.06 Å². The summed E-state index contributed by atoms with van der Waals surface area (Å²) >= 11 is 5.85. The highest BCUT2D eigenvalue weighted by atomic mass is 35.5. The number of nitrogens with zero attached hydrogens (tertiary/aromatic N) is 4. The zero-order valence-corrected chi connectivity index (χ0v) is 16.7. The van der Waals surface area contributed by atoms with Crippen molar-refractivity contribution in [2.24, 2.45) is 5.92 Å². The van der Waals surface area contributed by atoms with Crippen molar-refractivity contribution in [3.63, 3.8) is 0 Å². The van der Waals surface area contributed by atoms with Crippen LogP contribution in [-0.4, -0.2) is 44.3 Å². The first-order chi connectivity index (χ1) is 14.0. The second-order valence-corrected chi connectivity index (χ2v) is 6.67. The van der Waals surface area contributed by atoms with Crippen LogP contribution in [0, 0.1) is 5.92 Å². The molecule has 1 atom stereocenters. The average Bonchev–Trinajstić information content (AvgIpc) is 2.72. The Morgan fingerprint density at radius 1 is 1.34 bits per heavy atom. The van der Waals surface area contributed by atoms with Crippen molar-refractivity contribution in [3.05, 3.63) is 35.6 Å². The Balaban J connectivity index is 1.89. The molecule has 3 N–H and O–H groups in total. The minimum Gasteiger partial charge on any atom is -0.436 e. The van der Waals surface area contributed by atoms with E-state index in [1.807, 2.05) is 0 Å². The summed E-state index contributed by atoms with van der Waals surface area (Å²) in [5, 5.41) is 18.1. The summed E-state index contributed by atoms with van der Waals surface area (Å²) in [6.07, 6.45) is 6.55. The van der Waals surface area contributed by atoms with E-state index in [1.54, 1.807) is 18.2 Å². The molecule has 0 spiro atoms. The van der Waals surface area contributed by atoms with E-state index in [4.69, 9.17) is 16.3 Å². The molecule has 0 radical (unpaired) electrons. The average molecular weight is 423 g/mol. The predicted molar refractivity (Wildman–Crippen MR) is 105 cm³/mol. The molecule has 2 amide bonds. The Labute approximate surface area is 173 Å². The highest BCUT2D eigenvalue weighted by molar-refractivity contribution is 6.30. The minimum absolute atomic E-state index is 0.0904. The Hall–Kier alpha value is -2.98. The van der Waals surface area contributed by atoms with Crippen LogP contribution in [-0.2, 0) is 9.59 Å². The van der Waals surface area contributed by atoms with Crippen molar-refractivity contribution in [1.29, 1.82) is 0 Å². The molecule has 29 heavy (non-hydrogen) atoms. The number of hydrazine groups is 1. The van der Waals surface area contributed by atoms with Gasteiger partial charge in [-0.15, -0.1) is 10.2 Å². The second-order valence-electron chi connectivity index (χ2n) is 6.23. The number of carbonyl (C=O) groups excluding carboxylic acids is 2. The smallest absolute Gasteiger partial charge is 0.243 e. The molecular weight excluding hydrogens is 400 g/mol. The van der Waals surface area contributed by atoms with Crippen LogP contribution in [0.2, 0.25) is 5.02 Å². The molecule has 0 fully saturated rings. The quantitative estimate of drug-likeness (QED) is 0.206. The van der Waals surface area contributed by atoms with Crippen LogP contribution in [0.4, 0.5) is 5.82 Å². The molecule has 0 unspecified atom stereocenters. The maximum Gasteiger partial charge on any atom is 0.243 e. The van der Waals surface area contributed by atoms with Crippen LogP contribution in [0.25, 0.3) is 0 Å². The zero-order valence-electron chi connectivity index (χ0n) is 15.9. The Morgan fingerprint density at radius 3 is 2.83 bits per heavy atom.